The van der Waals surface area contributed by atoms with E-state index in [0.717, 1.165) is 0 Å². The number of aliphatic carboxylic acids is 1. The van der Waals surface area contributed by atoms with Crippen LogP contribution >= 0.6 is 12.2 Å². The van der Waals surface area contributed by atoms with Crippen LogP contribution in [0.1, 0.15) is 0 Å². The lowest BCUT2D eigenvalue weighted by Gasteiger charge is -2.05. The lowest BCUT2D eigenvalue weighted by molar-refractivity contribution is -0.136. The Hall–Kier alpha value is -1.47. The van der Waals surface area contributed by atoms with E-state index in [9.17, 15) is 9.59 Å². The molecule has 0 radical (unpaired) electrons. The van der Waals surface area contributed by atoms with Crippen molar-refractivity contribution in [2.75, 3.05) is 6.54 Å². The highest BCUT2D eigenvalue weighted by Crippen LogP contribution is 1.83. The van der Waals surface area contributed by atoms with Gasteiger partial charge in [0.15, 0.2) is 4.77 Å². The summed E-state index contributed by atoms with van der Waals surface area (Å²) in [5, 5.41) is 11.0. The molecule has 0 saturated heterocycles. The van der Waals surface area contributed by atoms with Gasteiger partial charge < -0.3 is 9.67 Å². The highest BCUT2D eigenvalue weighted by molar-refractivity contribution is 7.71. The Bertz CT molecular complexity index is 436. The quantitative estimate of drug-likeness (QED) is 0.591. The largest absolute Gasteiger partial charge is 0.480 e. The van der Waals surface area contributed by atoms with Gasteiger partial charge in [0, 0.05) is 12.3 Å². The zero-order valence-electron chi connectivity index (χ0n) is 7.19. The second-order valence-corrected chi connectivity index (χ2v) is 2.95. The molecule has 1 heterocycles. The van der Waals surface area contributed by atoms with Gasteiger partial charge in [-0.05, 0) is 12.2 Å². The maximum atomic E-state index is 10.8. The molecule has 3 N–H and O–H groups in total. The fourth-order valence-corrected chi connectivity index (χ4v) is 1.08. The van der Waals surface area contributed by atoms with Crippen molar-refractivity contribution in [1.29, 1.82) is 0 Å². The summed E-state index contributed by atoms with van der Waals surface area (Å²) in [5.41, 5.74) is -0.274. The van der Waals surface area contributed by atoms with E-state index in [1.54, 1.807) is 0 Å². The molecule has 6 nitrogen and oxygen atoms in total. The molecule has 0 aromatic carbocycles. The van der Waals surface area contributed by atoms with E-state index in [-0.39, 0.29) is 23.5 Å². The summed E-state index contributed by atoms with van der Waals surface area (Å²) in [7, 11) is 0. The molecular formula is C7H9N3O3S. The van der Waals surface area contributed by atoms with Crippen LogP contribution in [0.15, 0.2) is 17.1 Å². The highest BCUT2D eigenvalue weighted by Gasteiger charge is 1.96. The van der Waals surface area contributed by atoms with Crippen LogP contribution in [0.4, 0.5) is 0 Å². The average Bonchev–Trinajstić information content (AvgIpc) is 2.08. The number of aromatic nitrogens is 2. The zero-order chi connectivity index (χ0) is 10.6. The van der Waals surface area contributed by atoms with Crippen LogP contribution in [-0.2, 0) is 11.5 Å². The molecule has 1 aromatic rings. The molecule has 1 aromatic heterocycles. The third-order valence-electron chi connectivity index (χ3n) is 1.46. The second kappa shape index (κ2) is 4.68. The van der Waals surface area contributed by atoms with Gasteiger partial charge in [0.05, 0.1) is 13.2 Å². The summed E-state index contributed by atoms with van der Waals surface area (Å²) in [6.07, 6.45) is 1.50. The van der Waals surface area contributed by atoms with Crippen LogP contribution < -0.4 is 10.9 Å². The van der Waals surface area contributed by atoms with Crippen molar-refractivity contribution in [2.24, 2.45) is 0 Å². The Morgan fingerprint density at radius 3 is 3.00 bits per heavy atom. The number of hydrogen-bond acceptors (Lipinski definition) is 4. The highest BCUT2D eigenvalue weighted by atomic mass is 32.1. The van der Waals surface area contributed by atoms with Crippen molar-refractivity contribution >= 4 is 18.2 Å². The van der Waals surface area contributed by atoms with E-state index >= 15 is 0 Å². The Kier molecular flexibility index (Phi) is 3.55. The van der Waals surface area contributed by atoms with Gasteiger partial charge in [-0.15, -0.1) is 0 Å². The Morgan fingerprint density at radius 2 is 2.43 bits per heavy atom. The summed E-state index contributed by atoms with van der Waals surface area (Å²) < 4.78 is 1.79. The average molecular weight is 215 g/mol. The van der Waals surface area contributed by atoms with Crippen LogP contribution in [0.25, 0.3) is 0 Å². The Morgan fingerprint density at radius 1 is 1.71 bits per heavy atom. The van der Waals surface area contributed by atoms with Crippen molar-refractivity contribution in [3.05, 3.63) is 27.4 Å². The molecule has 14 heavy (non-hydrogen) atoms. The molecule has 0 spiro atoms. The number of rotatable bonds is 4. The fourth-order valence-electron chi connectivity index (χ4n) is 0.852. The maximum absolute atomic E-state index is 10.8. The van der Waals surface area contributed by atoms with E-state index in [0.29, 0.717) is 0 Å². The van der Waals surface area contributed by atoms with E-state index in [2.05, 4.69) is 10.3 Å². The molecule has 0 unspecified atom stereocenters. The van der Waals surface area contributed by atoms with Crippen LogP contribution in [0.5, 0.6) is 0 Å². The topological polar surface area (TPSA) is 87.1 Å². The van der Waals surface area contributed by atoms with Gasteiger partial charge in [0.1, 0.15) is 0 Å². The fraction of sp³-hybridized carbons (Fsp3) is 0.286. The third kappa shape index (κ3) is 3.11. The second-order valence-electron chi connectivity index (χ2n) is 2.56. The predicted molar refractivity (Wildman–Crippen MR) is 51.5 cm³/mol. The van der Waals surface area contributed by atoms with Crippen LogP contribution in [-0.4, -0.2) is 27.2 Å². The van der Waals surface area contributed by atoms with Gasteiger partial charge in [-0.25, -0.2) is 0 Å². The normalized spacial score (nSPS) is 10.0. The molecule has 0 aliphatic carbocycles. The zero-order valence-corrected chi connectivity index (χ0v) is 8.00. The third-order valence-corrected chi connectivity index (χ3v) is 1.79. The van der Waals surface area contributed by atoms with Gasteiger partial charge in [-0.1, -0.05) is 0 Å². The molecular weight excluding hydrogens is 206 g/mol. The van der Waals surface area contributed by atoms with E-state index in [1.165, 1.54) is 16.8 Å². The Labute approximate surface area is 84.2 Å². The number of carbonyl (C=O) groups is 1. The summed E-state index contributed by atoms with van der Waals surface area (Å²) in [5.74, 6) is -0.944. The van der Waals surface area contributed by atoms with Crippen molar-refractivity contribution in [1.82, 2.24) is 14.9 Å². The molecule has 0 bridgehead atoms. The summed E-state index contributed by atoms with van der Waals surface area (Å²) in [6, 6.07) is 1.32. The molecule has 0 aliphatic rings. The molecule has 1 rings (SSSR count). The first-order valence-electron chi connectivity index (χ1n) is 3.82. The molecule has 0 saturated carbocycles. The van der Waals surface area contributed by atoms with E-state index < -0.39 is 5.97 Å². The van der Waals surface area contributed by atoms with Crippen LogP contribution in [0.2, 0.25) is 0 Å². The number of nitrogens with one attached hydrogen (secondary N) is 2. The van der Waals surface area contributed by atoms with E-state index in [1.807, 2.05) is 0 Å². The number of hydrogen-bond donors (Lipinski definition) is 3. The lowest BCUT2D eigenvalue weighted by atomic mass is 10.6. The van der Waals surface area contributed by atoms with Gasteiger partial charge in [-0.3, -0.25) is 19.9 Å². The predicted octanol–water partition coefficient (Wildman–Crippen LogP) is -0.462. The first kappa shape index (κ1) is 10.6. The first-order valence-corrected chi connectivity index (χ1v) is 4.22. The minimum absolute atomic E-state index is 0.152. The van der Waals surface area contributed by atoms with Gasteiger partial charge in [0.2, 0.25) is 0 Å². The van der Waals surface area contributed by atoms with Crippen LogP contribution in [0, 0.1) is 4.77 Å². The number of carboxylic acid groups (broad SMARTS) is 1. The molecule has 76 valence electrons. The Balaban J connectivity index is 2.64. The lowest BCUT2D eigenvalue weighted by Crippen LogP contribution is -2.26. The standard InChI is InChI=1S/C7H9N3O3S/c11-5-1-2-10(7(14)9-5)4-8-3-6(12)13/h1-2,8H,3-4H2,(H,12,13)(H,9,11,14). The number of H-pyrrole nitrogens is 1. The minimum atomic E-state index is -0.944. The first-order chi connectivity index (χ1) is 6.59. The van der Waals surface area contributed by atoms with Crippen molar-refractivity contribution in [2.45, 2.75) is 6.67 Å². The number of nitrogens with zero attached hydrogens (tertiary/aromatic N) is 1. The molecule has 0 aliphatic heterocycles. The van der Waals surface area contributed by atoms with Gasteiger partial charge in [0.25, 0.3) is 5.56 Å². The molecule has 0 amide bonds. The molecule has 0 fully saturated rings. The summed E-state index contributed by atoms with van der Waals surface area (Å²) >= 11 is 4.84. The summed E-state index contributed by atoms with van der Waals surface area (Å²) in [4.78, 5) is 23.4. The SMILES string of the molecule is O=C(O)CNCn1ccc(=O)[nH]c1=S. The maximum Gasteiger partial charge on any atom is 0.317 e. The minimum Gasteiger partial charge on any atom is -0.480 e. The van der Waals surface area contributed by atoms with Crippen molar-refractivity contribution in [3.63, 3.8) is 0 Å². The van der Waals surface area contributed by atoms with Gasteiger partial charge >= 0.3 is 5.97 Å². The van der Waals surface area contributed by atoms with Crippen LogP contribution in [0.3, 0.4) is 0 Å². The number of aromatic amines is 1. The van der Waals surface area contributed by atoms with E-state index in [4.69, 9.17) is 17.3 Å². The van der Waals surface area contributed by atoms with Crippen molar-refractivity contribution in [3.8, 4) is 0 Å². The van der Waals surface area contributed by atoms with Crippen molar-refractivity contribution < 1.29 is 9.90 Å². The molecule has 7 heteroatoms. The monoisotopic (exact) mass is 215 g/mol. The number of carboxylic acids is 1. The smallest absolute Gasteiger partial charge is 0.317 e. The molecule has 0 atom stereocenters. The summed E-state index contributed by atoms with van der Waals surface area (Å²) in [6.45, 7) is 0.100. The van der Waals surface area contributed by atoms with Gasteiger partial charge in [-0.2, -0.15) is 0 Å².